The van der Waals surface area contributed by atoms with Crippen LogP contribution in [0.3, 0.4) is 0 Å². The van der Waals surface area contributed by atoms with Gasteiger partial charge in [0.25, 0.3) is 5.92 Å². The summed E-state index contributed by atoms with van der Waals surface area (Å²) in [5.41, 5.74) is 5.57. The Hall–Kier alpha value is -1.98. The molecule has 0 aliphatic carbocycles. The number of nitrogens with zero attached hydrogens (tertiary/aromatic N) is 2. The molecular weight excluding hydrogens is 243 g/mol. The van der Waals surface area contributed by atoms with E-state index in [4.69, 9.17) is 5.73 Å². The van der Waals surface area contributed by atoms with E-state index in [0.717, 1.165) is 25.1 Å². The van der Waals surface area contributed by atoms with Crippen LogP contribution >= 0.6 is 0 Å². The number of benzene rings is 1. The van der Waals surface area contributed by atoms with E-state index in [1.165, 1.54) is 10.7 Å². The molecule has 0 radical (unpaired) electrons. The Bertz CT molecular complexity index is 565. The standard InChI is InChI=1S/C12H12F3N3/c1-12(14,15)7-3-4-9(13)8(5-7)10-6-11(16)18(2)17-10/h3-6H,16H2,1-2H3. The molecule has 3 nitrogen and oxygen atoms in total. The van der Waals surface area contributed by atoms with Crippen molar-refractivity contribution in [3.8, 4) is 11.3 Å². The quantitative estimate of drug-likeness (QED) is 0.896. The first-order valence-electron chi connectivity index (χ1n) is 5.27. The van der Waals surface area contributed by atoms with Crippen LogP contribution in [-0.4, -0.2) is 9.78 Å². The summed E-state index contributed by atoms with van der Waals surface area (Å²) in [5.74, 6) is -3.30. The van der Waals surface area contributed by atoms with E-state index in [1.54, 1.807) is 7.05 Å². The van der Waals surface area contributed by atoms with Crippen molar-refractivity contribution in [3.05, 3.63) is 35.6 Å². The van der Waals surface area contributed by atoms with Crippen LogP contribution in [0.4, 0.5) is 19.0 Å². The SMILES string of the molecule is Cn1nc(-c2cc(C(C)(F)F)ccc2F)cc1N. The second kappa shape index (κ2) is 4.04. The van der Waals surface area contributed by atoms with Crippen molar-refractivity contribution >= 4 is 5.82 Å². The monoisotopic (exact) mass is 255 g/mol. The predicted octanol–water partition coefficient (Wildman–Crippen LogP) is 2.92. The molecule has 0 spiro atoms. The Morgan fingerprint density at radius 3 is 2.44 bits per heavy atom. The van der Waals surface area contributed by atoms with Gasteiger partial charge >= 0.3 is 0 Å². The molecule has 2 aromatic rings. The maximum absolute atomic E-state index is 13.6. The van der Waals surface area contributed by atoms with Gasteiger partial charge < -0.3 is 5.73 Å². The second-order valence-electron chi connectivity index (χ2n) is 4.16. The van der Waals surface area contributed by atoms with Crippen molar-refractivity contribution in [1.29, 1.82) is 0 Å². The van der Waals surface area contributed by atoms with Gasteiger partial charge in [-0.1, -0.05) is 6.07 Å². The van der Waals surface area contributed by atoms with E-state index in [9.17, 15) is 13.2 Å². The molecule has 0 saturated heterocycles. The first-order chi connectivity index (χ1) is 8.29. The third kappa shape index (κ3) is 2.18. The molecule has 0 saturated carbocycles. The summed E-state index contributed by atoms with van der Waals surface area (Å²) >= 11 is 0. The zero-order chi connectivity index (χ0) is 13.5. The fourth-order valence-corrected chi connectivity index (χ4v) is 1.61. The Labute approximate surface area is 102 Å². The van der Waals surface area contributed by atoms with Crippen molar-refractivity contribution in [2.75, 3.05) is 5.73 Å². The molecule has 0 unspecified atom stereocenters. The maximum atomic E-state index is 13.6. The first kappa shape index (κ1) is 12.5. The number of nitrogens with two attached hydrogens (primary N) is 1. The van der Waals surface area contributed by atoms with Gasteiger partial charge in [-0.15, -0.1) is 0 Å². The largest absolute Gasteiger partial charge is 0.384 e. The summed E-state index contributed by atoms with van der Waals surface area (Å²) in [7, 11) is 1.59. The third-order valence-electron chi connectivity index (χ3n) is 2.67. The average molecular weight is 255 g/mol. The van der Waals surface area contributed by atoms with Crippen molar-refractivity contribution < 1.29 is 13.2 Å². The van der Waals surface area contributed by atoms with Crippen LogP contribution in [0.15, 0.2) is 24.3 Å². The van der Waals surface area contributed by atoms with Crippen LogP contribution in [0.1, 0.15) is 12.5 Å². The molecule has 0 aliphatic heterocycles. The van der Waals surface area contributed by atoms with Crippen molar-refractivity contribution in [3.63, 3.8) is 0 Å². The number of anilines is 1. The minimum Gasteiger partial charge on any atom is -0.384 e. The number of hydrogen-bond donors (Lipinski definition) is 1. The number of halogens is 3. The van der Waals surface area contributed by atoms with Crippen molar-refractivity contribution in [1.82, 2.24) is 9.78 Å². The molecule has 0 amide bonds. The van der Waals surface area contributed by atoms with Crippen molar-refractivity contribution in [2.24, 2.45) is 7.05 Å². The van der Waals surface area contributed by atoms with Crippen LogP contribution < -0.4 is 5.73 Å². The van der Waals surface area contributed by atoms with Gasteiger partial charge in [0.2, 0.25) is 0 Å². The highest BCUT2D eigenvalue weighted by Crippen LogP contribution is 2.32. The van der Waals surface area contributed by atoms with E-state index in [2.05, 4.69) is 5.10 Å². The van der Waals surface area contributed by atoms with Crippen LogP contribution in [0, 0.1) is 5.82 Å². The van der Waals surface area contributed by atoms with E-state index >= 15 is 0 Å². The lowest BCUT2D eigenvalue weighted by atomic mass is 10.0. The lowest BCUT2D eigenvalue weighted by Crippen LogP contribution is -2.07. The van der Waals surface area contributed by atoms with Crippen LogP contribution in [0.5, 0.6) is 0 Å². The van der Waals surface area contributed by atoms with E-state index in [0.29, 0.717) is 5.82 Å². The van der Waals surface area contributed by atoms with Crippen LogP contribution in [0.25, 0.3) is 11.3 Å². The molecule has 96 valence electrons. The average Bonchev–Trinajstić information content (AvgIpc) is 2.58. The zero-order valence-electron chi connectivity index (χ0n) is 9.92. The van der Waals surface area contributed by atoms with Gasteiger partial charge in [0.15, 0.2) is 0 Å². The summed E-state index contributed by atoms with van der Waals surface area (Å²) in [6, 6.07) is 4.60. The molecule has 1 aromatic heterocycles. The number of hydrogen-bond acceptors (Lipinski definition) is 2. The summed E-state index contributed by atoms with van der Waals surface area (Å²) in [6.45, 7) is 0.761. The molecule has 6 heteroatoms. The number of rotatable bonds is 2. The van der Waals surface area contributed by atoms with Crippen LogP contribution in [-0.2, 0) is 13.0 Å². The Morgan fingerprint density at radius 1 is 1.28 bits per heavy atom. The maximum Gasteiger partial charge on any atom is 0.270 e. The van der Waals surface area contributed by atoms with Gasteiger partial charge in [0.05, 0.1) is 5.69 Å². The Kier molecular flexibility index (Phi) is 2.80. The van der Waals surface area contributed by atoms with Crippen molar-refractivity contribution in [2.45, 2.75) is 12.8 Å². The lowest BCUT2D eigenvalue weighted by molar-refractivity contribution is 0.0174. The predicted molar refractivity (Wildman–Crippen MR) is 62.6 cm³/mol. The molecule has 0 aliphatic rings. The smallest absolute Gasteiger partial charge is 0.270 e. The topological polar surface area (TPSA) is 43.8 Å². The Balaban J connectivity index is 2.56. The molecule has 1 heterocycles. The fraction of sp³-hybridized carbons (Fsp3) is 0.250. The normalized spacial score (nSPS) is 11.8. The lowest BCUT2D eigenvalue weighted by Gasteiger charge is -2.11. The van der Waals surface area contributed by atoms with E-state index < -0.39 is 11.7 Å². The molecule has 2 rings (SSSR count). The zero-order valence-corrected chi connectivity index (χ0v) is 9.92. The molecule has 18 heavy (non-hydrogen) atoms. The fourth-order valence-electron chi connectivity index (χ4n) is 1.61. The highest BCUT2D eigenvalue weighted by atomic mass is 19.3. The third-order valence-corrected chi connectivity index (χ3v) is 2.67. The number of aromatic nitrogens is 2. The highest BCUT2D eigenvalue weighted by Gasteiger charge is 2.25. The summed E-state index contributed by atoms with van der Waals surface area (Å²) < 4.78 is 41.4. The minimum absolute atomic E-state index is 0.0151. The highest BCUT2D eigenvalue weighted by molar-refractivity contribution is 5.64. The van der Waals surface area contributed by atoms with E-state index in [-0.39, 0.29) is 16.8 Å². The van der Waals surface area contributed by atoms with Gasteiger partial charge in [0, 0.05) is 31.2 Å². The summed E-state index contributed by atoms with van der Waals surface area (Å²) in [5, 5.41) is 3.97. The van der Waals surface area contributed by atoms with Gasteiger partial charge in [-0.3, -0.25) is 4.68 Å². The second-order valence-corrected chi connectivity index (χ2v) is 4.16. The number of aryl methyl sites for hydroxylation is 1. The molecule has 1 aromatic carbocycles. The number of nitrogen functional groups attached to an aromatic ring is 1. The Morgan fingerprint density at radius 2 is 1.94 bits per heavy atom. The molecule has 2 N–H and O–H groups in total. The molecular formula is C12H12F3N3. The van der Waals surface area contributed by atoms with Gasteiger partial charge in [0.1, 0.15) is 11.6 Å². The summed E-state index contributed by atoms with van der Waals surface area (Å²) in [4.78, 5) is 0. The minimum atomic E-state index is -3.03. The molecule has 0 bridgehead atoms. The first-order valence-corrected chi connectivity index (χ1v) is 5.27. The molecule has 0 atom stereocenters. The molecule has 0 fully saturated rings. The van der Waals surface area contributed by atoms with Crippen LogP contribution in [0.2, 0.25) is 0 Å². The van der Waals surface area contributed by atoms with E-state index in [1.807, 2.05) is 0 Å². The summed E-state index contributed by atoms with van der Waals surface area (Å²) in [6.07, 6.45) is 0. The number of alkyl halides is 2. The van der Waals surface area contributed by atoms with Gasteiger partial charge in [-0.2, -0.15) is 5.10 Å². The van der Waals surface area contributed by atoms with Gasteiger partial charge in [-0.25, -0.2) is 13.2 Å². The van der Waals surface area contributed by atoms with Gasteiger partial charge in [-0.05, 0) is 12.1 Å².